The quantitative estimate of drug-likeness (QED) is 0.527. The van der Waals surface area contributed by atoms with Gasteiger partial charge in [-0.25, -0.2) is 4.98 Å². The Balaban J connectivity index is 1.63. The van der Waals surface area contributed by atoms with E-state index in [0.29, 0.717) is 5.75 Å². The number of thiazole rings is 1. The molecule has 3 aromatic rings. The van der Waals surface area contributed by atoms with Crippen LogP contribution >= 0.6 is 23.1 Å². The second-order valence-electron chi connectivity index (χ2n) is 5.56. The van der Waals surface area contributed by atoms with E-state index in [2.05, 4.69) is 17.5 Å². The van der Waals surface area contributed by atoms with Gasteiger partial charge in [-0.2, -0.15) is 11.8 Å². The van der Waals surface area contributed by atoms with Crippen molar-refractivity contribution in [1.29, 1.82) is 0 Å². The molecule has 0 saturated heterocycles. The lowest BCUT2D eigenvalue weighted by Crippen LogP contribution is -1.91. The van der Waals surface area contributed by atoms with E-state index in [1.165, 1.54) is 5.56 Å². The Bertz CT molecular complexity index is 864. The molecular weight excluding hydrogens is 366 g/mol. The van der Waals surface area contributed by atoms with Crippen LogP contribution in [0.3, 0.4) is 0 Å². The molecule has 0 aliphatic rings. The van der Waals surface area contributed by atoms with E-state index in [9.17, 15) is 0 Å². The summed E-state index contributed by atoms with van der Waals surface area (Å²) >= 11 is 3.49. The largest absolute Gasteiger partial charge is 0.497 e. The summed E-state index contributed by atoms with van der Waals surface area (Å²) in [4.78, 5) is 4.75. The summed E-state index contributed by atoms with van der Waals surface area (Å²) < 4.78 is 15.9. The van der Waals surface area contributed by atoms with Gasteiger partial charge in [0.2, 0.25) is 0 Å². The van der Waals surface area contributed by atoms with Crippen LogP contribution in [0.25, 0.3) is 10.6 Å². The number of thioether (sulfide) groups is 1. The molecule has 0 saturated carbocycles. The van der Waals surface area contributed by atoms with Crippen LogP contribution in [0, 0.1) is 0 Å². The molecule has 136 valence electrons. The molecule has 0 amide bonds. The number of nitrogens with zero attached hydrogens (tertiary/aromatic N) is 1. The van der Waals surface area contributed by atoms with Crippen molar-refractivity contribution in [1.82, 2.24) is 4.98 Å². The van der Waals surface area contributed by atoms with Gasteiger partial charge in [0.15, 0.2) is 11.5 Å². The molecule has 0 atom stereocenters. The molecule has 0 radical (unpaired) electrons. The fourth-order valence-corrected chi connectivity index (χ4v) is 4.31. The van der Waals surface area contributed by atoms with E-state index in [1.54, 1.807) is 32.7 Å². The molecule has 0 aliphatic carbocycles. The lowest BCUT2D eigenvalue weighted by molar-refractivity contribution is 0.355. The number of benzene rings is 2. The predicted octanol–water partition coefficient (Wildman–Crippen LogP) is 5.27. The molecule has 0 aliphatic heterocycles. The number of hydrogen-bond acceptors (Lipinski definition) is 6. The Morgan fingerprint density at radius 1 is 0.923 bits per heavy atom. The summed E-state index contributed by atoms with van der Waals surface area (Å²) in [6, 6.07) is 14.1. The molecule has 0 fully saturated rings. The van der Waals surface area contributed by atoms with Gasteiger partial charge in [-0.3, -0.25) is 0 Å². The zero-order chi connectivity index (χ0) is 18.4. The minimum Gasteiger partial charge on any atom is -0.497 e. The summed E-state index contributed by atoms with van der Waals surface area (Å²) in [5.74, 6) is 4.14. The molecular formula is C20H21NO3S2. The van der Waals surface area contributed by atoms with Gasteiger partial charge in [0, 0.05) is 22.4 Å². The highest BCUT2D eigenvalue weighted by Crippen LogP contribution is 2.34. The van der Waals surface area contributed by atoms with Crippen molar-refractivity contribution in [2.75, 3.05) is 21.3 Å². The van der Waals surface area contributed by atoms with Crippen LogP contribution < -0.4 is 14.2 Å². The summed E-state index contributed by atoms with van der Waals surface area (Å²) in [7, 11) is 4.97. The minimum atomic E-state index is 0.717. The predicted molar refractivity (Wildman–Crippen MR) is 109 cm³/mol. The van der Waals surface area contributed by atoms with Crippen LogP contribution in [-0.4, -0.2) is 26.3 Å². The monoisotopic (exact) mass is 387 g/mol. The first-order valence-corrected chi connectivity index (χ1v) is 10.1. The van der Waals surface area contributed by atoms with Crippen molar-refractivity contribution in [3.8, 4) is 27.8 Å². The van der Waals surface area contributed by atoms with Crippen LogP contribution in [-0.2, 0) is 11.5 Å². The van der Waals surface area contributed by atoms with Crippen LogP contribution in [0.4, 0.5) is 0 Å². The molecule has 0 bridgehead atoms. The molecule has 0 spiro atoms. The standard InChI is InChI=1S/C20H21NO3S2/c1-22-17-6-4-5-14(9-17)11-25-12-16-13-26-20(21-16)15-7-8-18(23-2)19(10-15)24-3/h4-10,13H,11-12H2,1-3H3. The molecule has 26 heavy (non-hydrogen) atoms. The summed E-state index contributed by atoms with van der Waals surface area (Å²) in [6.07, 6.45) is 0. The van der Waals surface area contributed by atoms with Crippen LogP contribution in [0.15, 0.2) is 47.8 Å². The van der Waals surface area contributed by atoms with E-state index in [0.717, 1.165) is 39.3 Å². The van der Waals surface area contributed by atoms with Crippen molar-refractivity contribution in [3.05, 3.63) is 59.1 Å². The van der Waals surface area contributed by atoms with E-state index >= 15 is 0 Å². The van der Waals surface area contributed by atoms with E-state index < -0.39 is 0 Å². The van der Waals surface area contributed by atoms with Crippen molar-refractivity contribution in [2.24, 2.45) is 0 Å². The Hall–Kier alpha value is -2.18. The van der Waals surface area contributed by atoms with E-state index in [1.807, 2.05) is 42.1 Å². The number of methoxy groups -OCH3 is 3. The fourth-order valence-electron chi connectivity index (χ4n) is 2.51. The lowest BCUT2D eigenvalue weighted by Gasteiger charge is -2.08. The third kappa shape index (κ3) is 4.51. The maximum absolute atomic E-state index is 5.38. The average molecular weight is 388 g/mol. The van der Waals surface area contributed by atoms with Gasteiger partial charge >= 0.3 is 0 Å². The van der Waals surface area contributed by atoms with Gasteiger partial charge in [0.25, 0.3) is 0 Å². The molecule has 2 aromatic carbocycles. The van der Waals surface area contributed by atoms with E-state index in [4.69, 9.17) is 19.2 Å². The first-order chi connectivity index (χ1) is 12.7. The zero-order valence-electron chi connectivity index (χ0n) is 15.0. The Labute approximate surface area is 162 Å². The maximum atomic E-state index is 5.38. The maximum Gasteiger partial charge on any atom is 0.161 e. The third-order valence-corrected chi connectivity index (χ3v) is 5.81. The highest BCUT2D eigenvalue weighted by Gasteiger charge is 2.10. The van der Waals surface area contributed by atoms with Crippen LogP contribution in [0.5, 0.6) is 17.2 Å². The summed E-state index contributed by atoms with van der Waals surface area (Å²) in [6.45, 7) is 0. The normalized spacial score (nSPS) is 10.6. The van der Waals surface area contributed by atoms with Crippen LogP contribution in [0.2, 0.25) is 0 Å². The minimum absolute atomic E-state index is 0.717. The highest BCUT2D eigenvalue weighted by atomic mass is 32.2. The van der Waals surface area contributed by atoms with Crippen molar-refractivity contribution in [3.63, 3.8) is 0 Å². The second kappa shape index (κ2) is 8.96. The molecule has 0 N–H and O–H groups in total. The number of aromatic nitrogens is 1. The SMILES string of the molecule is COc1cccc(CSCc2csc(-c3ccc(OC)c(OC)c3)n2)c1. The van der Waals surface area contributed by atoms with Crippen molar-refractivity contribution in [2.45, 2.75) is 11.5 Å². The topological polar surface area (TPSA) is 40.6 Å². The third-order valence-electron chi connectivity index (χ3n) is 3.84. The summed E-state index contributed by atoms with van der Waals surface area (Å²) in [5.41, 5.74) is 3.38. The fraction of sp³-hybridized carbons (Fsp3) is 0.250. The summed E-state index contributed by atoms with van der Waals surface area (Å²) in [5, 5.41) is 3.10. The van der Waals surface area contributed by atoms with Gasteiger partial charge in [-0.15, -0.1) is 11.3 Å². The lowest BCUT2D eigenvalue weighted by atomic mass is 10.2. The molecule has 6 heteroatoms. The van der Waals surface area contributed by atoms with Gasteiger partial charge in [0.1, 0.15) is 10.8 Å². The number of rotatable bonds is 8. The molecule has 3 rings (SSSR count). The highest BCUT2D eigenvalue weighted by molar-refractivity contribution is 7.97. The van der Waals surface area contributed by atoms with Crippen LogP contribution in [0.1, 0.15) is 11.3 Å². The number of ether oxygens (including phenoxy) is 3. The molecule has 1 heterocycles. The Morgan fingerprint density at radius 3 is 2.54 bits per heavy atom. The van der Waals surface area contributed by atoms with Crippen molar-refractivity contribution >= 4 is 23.1 Å². The second-order valence-corrected chi connectivity index (χ2v) is 7.40. The average Bonchev–Trinajstić information content (AvgIpc) is 3.16. The molecule has 4 nitrogen and oxygen atoms in total. The van der Waals surface area contributed by atoms with E-state index in [-0.39, 0.29) is 0 Å². The Morgan fingerprint density at radius 2 is 1.77 bits per heavy atom. The van der Waals surface area contributed by atoms with Crippen molar-refractivity contribution < 1.29 is 14.2 Å². The van der Waals surface area contributed by atoms with Gasteiger partial charge < -0.3 is 14.2 Å². The first-order valence-electron chi connectivity index (χ1n) is 8.11. The van der Waals surface area contributed by atoms with Gasteiger partial charge in [0.05, 0.1) is 27.0 Å². The zero-order valence-corrected chi connectivity index (χ0v) is 16.7. The Kier molecular flexibility index (Phi) is 6.41. The molecule has 0 unspecified atom stereocenters. The molecule has 1 aromatic heterocycles. The number of hydrogen-bond donors (Lipinski definition) is 0. The van der Waals surface area contributed by atoms with Gasteiger partial charge in [-0.05, 0) is 35.9 Å². The smallest absolute Gasteiger partial charge is 0.161 e. The first kappa shape index (κ1) is 18.6. The van der Waals surface area contributed by atoms with Gasteiger partial charge in [-0.1, -0.05) is 12.1 Å².